The number of H-pyrrole nitrogens is 1. The van der Waals surface area contributed by atoms with Gasteiger partial charge >= 0.3 is 5.97 Å². The van der Waals surface area contributed by atoms with E-state index in [1.165, 1.54) is 12.3 Å². The Morgan fingerprint density at radius 1 is 1.20 bits per heavy atom. The molecule has 1 heterocycles. The minimum atomic E-state index is -0.986. The number of aliphatic carboxylic acids is 1. The maximum atomic E-state index is 14.4. The highest BCUT2D eigenvalue weighted by atomic mass is 35.5. The molecule has 152 valence electrons. The van der Waals surface area contributed by atoms with E-state index in [2.05, 4.69) is 22.1 Å². The molecule has 0 unspecified atom stereocenters. The second-order valence-electron chi connectivity index (χ2n) is 6.42. The fraction of sp³-hybridized carbons (Fsp3) is 0.136. The third-order valence-corrected chi connectivity index (χ3v) is 4.50. The normalized spacial score (nSPS) is 10.3. The quantitative estimate of drug-likeness (QED) is 0.544. The number of carboxylic acid groups (broad SMARTS) is 1. The van der Waals surface area contributed by atoms with Gasteiger partial charge in [0.15, 0.2) is 0 Å². The molecule has 0 fully saturated rings. The maximum Gasteiger partial charge on any atom is 0.304 e. The molecule has 0 saturated heterocycles. The molecular weight excluding hydrogens is 411 g/mol. The summed E-state index contributed by atoms with van der Waals surface area (Å²) in [5.74, 6) is 2.98. The van der Waals surface area contributed by atoms with Gasteiger partial charge in [0.05, 0.1) is 17.3 Å². The number of rotatable bonds is 5. The summed E-state index contributed by atoms with van der Waals surface area (Å²) >= 11 is 5.83. The van der Waals surface area contributed by atoms with Crippen molar-refractivity contribution in [2.75, 3.05) is 0 Å². The Labute approximate surface area is 175 Å². The van der Waals surface area contributed by atoms with E-state index in [9.17, 15) is 18.8 Å². The number of carboxylic acids is 1. The minimum Gasteiger partial charge on any atom is -0.481 e. The fourth-order valence-electron chi connectivity index (χ4n) is 2.74. The number of fused-ring (bicyclic) bond motifs is 1. The van der Waals surface area contributed by atoms with Crippen LogP contribution in [0.2, 0.25) is 5.02 Å². The monoisotopic (exact) mass is 426 g/mol. The maximum absolute atomic E-state index is 14.4. The lowest BCUT2D eigenvalue weighted by Crippen LogP contribution is -2.28. The number of amides is 1. The number of pyridine rings is 1. The lowest BCUT2D eigenvalue weighted by Gasteiger charge is -2.07. The molecule has 0 atom stereocenters. The molecule has 0 bridgehead atoms. The lowest BCUT2D eigenvalue weighted by atomic mass is 10.1. The van der Waals surface area contributed by atoms with Gasteiger partial charge in [-0.1, -0.05) is 35.6 Å². The van der Waals surface area contributed by atoms with Crippen molar-refractivity contribution in [3.63, 3.8) is 0 Å². The van der Waals surface area contributed by atoms with Gasteiger partial charge in [0.1, 0.15) is 11.4 Å². The van der Waals surface area contributed by atoms with Crippen molar-refractivity contribution in [2.24, 2.45) is 0 Å². The largest absolute Gasteiger partial charge is 0.481 e. The van der Waals surface area contributed by atoms with Crippen LogP contribution in [-0.4, -0.2) is 22.0 Å². The Bertz CT molecular complexity index is 1240. The number of hydrogen-bond donors (Lipinski definition) is 3. The number of halogens is 2. The highest BCUT2D eigenvalue weighted by Gasteiger charge is 2.15. The Kier molecular flexibility index (Phi) is 6.50. The van der Waals surface area contributed by atoms with Crippen molar-refractivity contribution in [2.45, 2.75) is 19.4 Å². The van der Waals surface area contributed by atoms with Crippen LogP contribution in [0.15, 0.2) is 47.4 Å². The number of aromatic nitrogens is 1. The van der Waals surface area contributed by atoms with Gasteiger partial charge in [0, 0.05) is 29.7 Å². The molecule has 1 aromatic heterocycles. The van der Waals surface area contributed by atoms with Crippen molar-refractivity contribution < 1.29 is 19.1 Å². The molecule has 0 saturated carbocycles. The molecule has 3 rings (SSSR count). The average Bonchev–Trinajstić information content (AvgIpc) is 2.71. The molecule has 0 spiro atoms. The summed E-state index contributed by atoms with van der Waals surface area (Å²) in [6.07, 6.45) is 1.13. The number of hydrogen-bond acceptors (Lipinski definition) is 3. The number of carbonyl (C=O) groups excluding carboxylic acids is 1. The van der Waals surface area contributed by atoms with Crippen molar-refractivity contribution >= 4 is 34.4 Å². The zero-order valence-corrected chi connectivity index (χ0v) is 16.3. The Morgan fingerprint density at radius 3 is 2.63 bits per heavy atom. The van der Waals surface area contributed by atoms with Gasteiger partial charge in [-0.15, -0.1) is 0 Å². The Balaban J connectivity index is 1.86. The smallest absolute Gasteiger partial charge is 0.304 e. The minimum absolute atomic E-state index is 0.0170. The van der Waals surface area contributed by atoms with Gasteiger partial charge in [0.2, 0.25) is 5.43 Å². The van der Waals surface area contributed by atoms with E-state index in [4.69, 9.17) is 16.7 Å². The molecule has 8 heteroatoms. The summed E-state index contributed by atoms with van der Waals surface area (Å²) in [5, 5.41) is 11.8. The topological polar surface area (TPSA) is 99.3 Å². The van der Waals surface area contributed by atoms with Crippen LogP contribution in [0.4, 0.5) is 4.39 Å². The summed E-state index contributed by atoms with van der Waals surface area (Å²) in [6.45, 7) is 0.191. The van der Waals surface area contributed by atoms with Crippen molar-refractivity contribution in [3.8, 4) is 11.8 Å². The third-order valence-electron chi connectivity index (χ3n) is 4.25. The van der Waals surface area contributed by atoms with Crippen LogP contribution in [0.5, 0.6) is 0 Å². The third kappa shape index (κ3) is 5.04. The zero-order chi connectivity index (χ0) is 21.7. The molecular formula is C22H16ClFN2O4. The zero-order valence-electron chi connectivity index (χ0n) is 15.6. The molecule has 0 aliphatic carbocycles. The van der Waals surface area contributed by atoms with E-state index in [0.717, 1.165) is 11.6 Å². The molecule has 6 nitrogen and oxygen atoms in total. The van der Waals surface area contributed by atoms with E-state index in [0.29, 0.717) is 5.02 Å². The summed E-state index contributed by atoms with van der Waals surface area (Å²) < 4.78 is 14.4. The Morgan fingerprint density at radius 2 is 1.93 bits per heavy atom. The van der Waals surface area contributed by atoms with Crippen molar-refractivity contribution in [1.29, 1.82) is 0 Å². The molecule has 0 radical (unpaired) electrons. The van der Waals surface area contributed by atoms with E-state index < -0.39 is 23.1 Å². The van der Waals surface area contributed by atoms with Crippen LogP contribution in [0.3, 0.4) is 0 Å². The number of benzene rings is 2. The van der Waals surface area contributed by atoms with Gasteiger partial charge in [-0.05, 0) is 29.8 Å². The predicted molar refractivity (Wildman–Crippen MR) is 111 cm³/mol. The van der Waals surface area contributed by atoms with Crippen LogP contribution in [0.25, 0.3) is 10.9 Å². The second-order valence-corrected chi connectivity index (χ2v) is 6.85. The molecule has 0 aliphatic heterocycles. The van der Waals surface area contributed by atoms with Crippen LogP contribution in [0, 0.1) is 17.7 Å². The van der Waals surface area contributed by atoms with Gasteiger partial charge in [-0.25, -0.2) is 4.39 Å². The number of aromatic amines is 1. The molecule has 2 aromatic carbocycles. The standard InChI is InChI=1S/C22H16ClFN2O4/c23-15-7-5-13(6-8-15)11-26-22(30)17-12-25-20-16(21(17)29)9-14(10-18(20)24)3-1-2-4-19(27)28/h5-10,12H,2,4,11H2,(H,25,29)(H,26,30)(H,27,28). The van der Waals surface area contributed by atoms with Crippen molar-refractivity contribution in [1.82, 2.24) is 10.3 Å². The summed E-state index contributed by atoms with van der Waals surface area (Å²) in [6, 6.07) is 9.39. The molecule has 3 aromatic rings. The summed E-state index contributed by atoms with van der Waals surface area (Å²) in [7, 11) is 0. The first-order chi connectivity index (χ1) is 14.3. The predicted octanol–water partition coefficient (Wildman–Crippen LogP) is 3.47. The lowest BCUT2D eigenvalue weighted by molar-refractivity contribution is -0.136. The highest BCUT2D eigenvalue weighted by molar-refractivity contribution is 6.30. The van der Waals surface area contributed by atoms with Crippen LogP contribution in [-0.2, 0) is 11.3 Å². The molecule has 30 heavy (non-hydrogen) atoms. The first kappa shape index (κ1) is 21.1. The SMILES string of the molecule is O=C(O)CCC#Cc1cc(F)c2[nH]cc(C(=O)NCc3ccc(Cl)cc3)c(=O)c2c1. The first-order valence-electron chi connectivity index (χ1n) is 8.93. The molecule has 3 N–H and O–H groups in total. The Hall–Kier alpha value is -3.63. The highest BCUT2D eigenvalue weighted by Crippen LogP contribution is 2.16. The van der Waals surface area contributed by atoms with Crippen molar-refractivity contribution in [3.05, 3.63) is 80.3 Å². The number of nitrogens with one attached hydrogen (secondary N) is 2. The van der Waals surface area contributed by atoms with Gasteiger partial charge in [-0.3, -0.25) is 14.4 Å². The van der Waals surface area contributed by atoms with E-state index in [-0.39, 0.29) is 41.4 Å². The molecule has 1 amide bonds. The average molecular weight is 427 g/mol. The van der Waals surface area contributed by atoms with Crippen LogP contribution < -0.4 is 10.7 Å². The van der Waals surface area contributed by atoms with E-state index in [1.807, 2.05) is 0 Å². The first-order valence-corrected chi connectivity index (χ1v) is 9.31. The van der Waals surface area contributed by atoms with Crippen LogP contribution in [0.1, 0.15) is 34.3 Å². The second kappa shape index (κ2) is 9.25. The van der Waals surface area contributed by atoms with Gasteiger partial charge in [0.25, 0.3) is 5.91 Å². The van der Waals surface area contributed by atoms with Crippen LogP contribution >= 0.6 is 11.6 Å². The fourth-order valence-corrected chi connectivity index (χ4v) is 2.87. The summed E-state index contributed by atoms with van der Waals surface area (Å²) in [4.78, 5) is 38.4. The van der Waals surface area contributed by atoms with Gasteiger partial charge in [-0.2, -0.15) is 0 Å². The van der Waals surface area contributed by atoms with Gasteiger partial charge < -0.3 is 15.4 Å². The summed E-state index contributed by atoms with van der Waals surface area (Å²) in [5.41, 5.74) is 0.187. The number of carbonyl (C=O) groups is 2. The van der Waals surface area contributed by atoms with E-state index in [1.54, 1.807) is 24.3 Å². The molecule has 0 aliphatic rings. The van der Waals surface area contributed by atoms with E-state index >= 15 is 0 Å².